The second kappa shape index (κ2) is 5.29. The maximum atomic E-state index is 6.21. The number of hydrogen-bond acceptors (Lipinski definition) is 5. The van der Waals surface area contributed by atoms with Crippen LogP contribution in [0.25, 0.3) is 33.1 Å². The van der Waals surface area contributed by atoms with Gasteiger partial charge in [0.05, 0.1) is 17.1 Å². The Balaban J connectivity index is 1.69. The van der Waals surface area contributed by atoms with Gasteiger partial charge in [-0.2, -0.15) is 5.10 Å². The number of nitrogen functional groups attached to an aromatic ring is 1. The summed E-state index contributed by atoms with van der Waals surface area (Å²) in [5, 5.41) is 9.12. The van der Waals surface area contributed by atoms with Crippen LogP contribution in [0.3, 0.4) is 0 Å². The highest BCUT2D eigenvalue weighted by Crippen LogP contribution is 2.42. The van der Waals surface area contributed by atoms with Crippen LogP contribution in [0.4, 0.5) is 5.82 Å². The first kappa shape index (κ1) is 14.4. The van der Waals surface area contributed by atoms with Crippen LogP contribution in [0.2, 0.25) is 0 Å². The smallest absolute Gasteiger partial charge is 0.146 e. The van der Waals surface area contributed by atoms with Crippen molar-refractivity contribution in [2.24, 2.45) is 11.7 Å². The molecule has 1 saturated carbocycles. The largest absolute Gasteiger partial charge is 0.383 e. The van der Waals surface area contributed by atoms with Crippen LogP contribution in [0.1, 0.15) is 18.9 Å². The number of nitrogens with one attached hydrogen (secondary N) is 1. The van der Waals surface area contributed by atoms with Crippen molar-refractivity contribution >= 4 is 27.8 Å². The molecule has 1 aliphatic carbocycles. The number of aromatic nitrogens is 5. The fourth-order valence-corrected chi connectivity index (χ4v) is 3.83. The number of rotatable bonds is 3. The van der Waals surface area contributed by atoms with E-state index in [0.29, 0.717) is 17.8 Å². The van der Waals surface area contributed by atoms with Crippen molar-refractivity contribution < 1.29 is 0 Å². The Morgan fingerprint density at radius 3 is 2.96 bits per heavy atom. The zero-order chi connectivity index (χ0) is 17.0. The molecule has 0 aliphatic heterocycles. The van der Waals surface area contributed by atoms with E-state index >= 15 is 0 Å². The molecule has 126 valence electrons. The Morgan fingerprint density at radius 1 is 1.24 bits per heavy atom. The van der Waals surface area contributed by atoms with Crippen LogP contribution in [-0.2, 0) is 0 Å². The molecule has 7 nitrogen and oxygen atoms in total. The van der Waals surface area contributed by atoms with Crippen molar-refractivity contribution in [2.45, 2.75) is 18.9 Å². The fraction of sp³-hybridized carbons (Fsp3) is 0.278. The number of aromatic amines is 1. The normalized spacial score (nSPS) is 20.2. The molecule has 0 bridgehead atoms. The predicted molar refractivity (Wildman–Crippen MR) is 97.8 cm³/mol. The van der Waals surface area contributed by atoms with E-state index in [-0.39, 0.29) is 0 Å². The van der Waals surface area contributed by atoms with Gasteiger partial charge in [-0.25, -0.2) is 9.97 Å². The molecular formula is C18H19N7. The summed E-state index contributed by atoms with van der Waals surface area (Å²) in [6.45, 7) is 0.746. The van der Waals surface area contributed by atoms with Gasteiger partial charge >= 0.3 is 0 Å². The summed E-state index contributed by atoms with van der Waals surface area (Å²) in [5.74, 6) is 1.12. The molecule has 1 aliphatic rings. The van der Waals surface area contributed by atoms with Crippen LogP contribution >= 0.6 is 0 Å². The SMILES string of the molecule is NCC1CC(n2cc(-c3ccc4cn[nH]c4c3)c3c(N)ncnc32)C1. The van der Waals surface area contributed by atoms with E-state index in [4.69, 9.17) is 11.5 Å². The molecular weight excluding hydrogens is 314 g/mol. The lowest BCUT2D eigenvalue weighted by Gasteiger charge is -2.35. The molecule has 0 spiro atoms. The standard InChI is InChI=1S/C18H19N7/c19-6-10-3-13(4-10)25-8-14(16-17(20)21-9-22-18(16)25)11-1-2-12-7-23-24-15(12)5-11/h1-2,5,7-10,13H,3-4,6,19H2,(H,23,24)(H2,20,21,22). The minimum Gasteiger partial charge on any atom is -0.383 e. The van der Waals surface area contributed by atoms with E-state index in [1.54, 1.807) is 0 Å². The maximum absolute atomic E-state index is 6.21. The fourth-order valence-electron chi connectivity index (χ4n) is 3.83. The zero-order valence-corrected chi connectivity index (χ0v) is 13.7. The van der Waals surface area contributed by atoms with Crippen molar-refractivity contribution in [3.63, 3.8) is 0 Å². The Kier molecular flexibility index (Phi) is 3.05. The Labute approximate surface area is 144 Å². The number of nitrogens with two attached hydrogens (primary N) is 2. The van der Waals surface area contributed by atoms with Gasteiger partial charge in [0, 0.05) is 23.2 Å². The molecule has 1 fully saturated rings. The van der Waals surface area contributed by atoms with Crippen molar-refractivity contribution in [2.75, 3.05) is 12.3 Å². The molecule has 7 heteroatoms. The molecule has 0 saturated heterocycles. The maximum Gasteiger partial charge on any atom is 0.146 e. The minimum atomic E-state index is 0.426. The lowest BCUT2D eigenvalue weighted by atomic mass is 9.80. The van der Waals surface area contributed by atoms with E-state index in [0.717, 1.165) is 52.4 Å². The van der Waals surface area contributed by atoms with Crippen LogP contribution in [0.15, 0.2) is 36.9 Å². The van der Waals surface area contributed by atoms with E-state index in [2.05, 4.69) is 49.1 Å². The molecule has 0 radical (unpaired) electrons. The average Bonchev–Trinajstić information content (AvgIpc) is 3.19. The molecule has 0 atom stereocenters. The number of anilines is 1. The van der Waals surface area contributed by atoms with Crippen LogP contribution in [-0.4, -0.2) is 31.3 Å². The van der Waals surface area contributed by atoms with Crippen molar-refractivity contribution in [3.05, 3.63) is 36.9 Å². The quantitative estimate of drug-likeness (QED) is 0.533. The number of hydrogen-bond donors (Lipinski definition) is 3. The van der Waals surface area contributed by atoms with Gasteiger partial charge in [-0.05, 0) is 36.9 Å². The van der Waals surface area contributed by atoms with Crippen LogP contribution in [0, 0.1) is 5.92 Å². The van der Waals surface area contributed by atoms with Gasteiger partial charge in [0.15, 0.2) is 0 Å². The summed E-state index contributed by atoms with van der Waals surface area (Å²) in [5.41, 5.74) is 16.0. The number of nitrogens with zero attached hydrogens (tertiary/aromatic N) is 4. The van der Waals surface area contributed by atoms with Crippen molar-refractivity contribution in [3.8, 4) is 11.1 Å². The zero-order valence-electron chi connectivity index (χ0n) is 13.7. The highest BCUT2D eigenvalue weighted by atomic mass is 15.1. The Morgan fingerprint density at radius 2 is 2.12 bits per heavy atom. The number of benzene rings is 1. The molecule has 25 heavy (non-hydrogen) atoms. The predicted octanol–water partition coefficient (Wildman–Crippen LogP) is 2.47. The molecule has 3 aromatic heterocycles. The van der Waals surface area contributed by atoms with Gasteiger partial charge in [-0.15, -0.1) is 0 Å². The van der Waals surface area contributed by atoms with Crippen LogP contribution < -0.4 is 11.5 Å². The van der Waals surface area contributed by atoms with Gasteiger partial charge in [-0.3, -0.25) is 5.10 Å². The van der Waals surface area contributed by atoms with E-state index in [1.165, 1.54) is 6.33 Å². The number of fused-ring (bicyclic) bond motifs is 2. The Bertz CT molecular complexity index is 1070. The highest BCUT2D eigenvalue weighted by molar-refractivity contribution is 6.02. The molecule has 5 N–H and O–H groups in total. The van der Waals surface area contributed by atoms with Gasteiger partial charge in [0.2, 0.25) is 0 Å². The molecule has 1 aromatic carbocycles. The monoisotopic (exact) mass is 333 g/mol. The first-order chi connectivity index (χ1) is 12.2. The summed E-state index contributed by atoms with van der Waals surface area (Å²) in [6, 6.07) is 6.67. The van der Waals surface area contributed by atoms with Crippen LogP contribution in [0.5, 0.6) is 0 Å². The summed E-state index contributed by atoms with van der Waals surface area (Å²) in [4.78, 5) is 8.72. The van der Waals surface area contributed by atoms with E-state index in [1.807, 2.05) is 6.20 Å². The topological polar surface area (TPSA) is 111 Å². The third-order valence-corrected chi connectivity index (χ3v) is 5.33. The molecule has 3 heterocycles. The number of H-pyrrole nitrogens is 1. The second-order valence-electron chi connectivity index (χ2n) is 6.81. The highest BCUT2D eigenvalue weighted by Gasteiger charge is 2.31. The minimum absolute atomic E-state index is 0.426. The van der Waals surface area contributed by atoms with Crippen molar-refractivity contribution in [1.82, 2.24) is 24.7 Å². The molecule has 0 unspecified atom stereocenters. The summed E-state index contributed by atoms with van der Waals surface area (Å²) in [6.07, 6.45) is 7.69. The summed E-state index contributed by atoms with van der Waals surface area (Å²) >= 11 is 0. The van der Waals surface area contributed by atoms with Crippen molar-refractivity contribution in [1.29, 1.82) is 0 Å². The average molecular weight is 333 g/mol. The summed E-state index contributed by atoms with van der Waals surface area (Å²) in [7, 11) is 0. The lowest BCUT2D eigenvalue weighted by molar-refractivity contribution is 0.209. The van der Waals surface area contributed by atoms with E-state index < -0.39 is 0 Å². The van der Waals surface area contributed by atoms with E-state index in [9.17, 15) is 0 Å². The first-order valence-corrected chi connectivity index (χ1v) is 8.49. The molecule has 0 amide bonds. The third-order valence-electron chi connectivity index (χ3n) is 5.33. The lowest BCUT2D eigenvalue weighted by Crippen LogP contribution is -2.31. The Hall–Kier alpha value is -2.93. The third kappa shape index (κ3) is 2.12. The molecule has 4 aromatic rings. The van der Waals surface area contributed by atoms with Gasteiger partial charge in [0.25, 0.3) is 0 Å². The summed E-state index contributed by atoms with van der Waals surface area (Å²) < 4.78 is 2.24. The van der Waals surface area contributed by atoms with Gasteiger partial charge < -0.3 is 16.0 Å². The molecule has 5 rings (SSSR count). The van der Waals surface area contributed by atoms with Gasteiger partial charge in [-0.1, -0.05) is 12.1 Å². The first-order valence-electron chi connectivity index (χ1n) is 8.49. The van der Waals surface area contributed by atoms with Gasteiger partial charge in [0.1, 0.15) is 17.8 Å². The second-order valence-corrected chi connectivity index (χ2v) is 6.81.